The number of carbonyl (C=O) groups excluding carboxylic acids is 4. The Morgan fingerprint density at radius 2 is 2.07 bits per heavy atom. The molecule has 0 saturated carbocycles. The first-order valence-corrected chi connectivity index (χ1v) is 4.97. The number of amides is 2. The largest absolute Gasteiger partial charge is 0.462 e. The molecule has 0 aromatic heterocycles. The number of hydrogen-bond donors (Lipinski definition) is 0. The second-order valence-corrected chi connectivity index (χ2v) is 4.18. The Labute approximate surface area is 89.9 Å². The number of methoxy groups -OCH3 is 1. The Hall–Kier alpha value is -1.37. The standard InChI is InChI=1S/C8H9NO5S/c1-4(10)15-6-3-5(11)9(6)7(12)8(13)14-2/h6H,3H2,1-2H3. The summed E-state index contributed by atoms with van der Waals surface area (Å²) in [7, 11) is 1.05. The van der Waals surface area contributed by atoms with Crippen molar-refractivity contribution in [2.24, 2.45) is 0 Å². The number of esters is 1. The van der Waals surface area contributed by atoms with E-state index in [-0.39, 0.29) is 11.5 Å². The van der Waals surface area contributed by atoms with E-state index in [1.165, 1.54) is 6.92 Å². The van der Waals surface area contributed by atoms with Gasteiger partial charge in [-0.15, -0.1) is 0 Å². The van der Waals surface area contributed by atoms with Gasteiger partial charge >= 0.3 is 11.9 Å². The maximum atomic E-state index is 11.3. The van der Waals surface area contributed by atoms with Gasteiger partial charge in [-0.25, -0.2) is 4.79 Å². The number of imide groups is 1. The minimum Gasteiger partial charge on any atom is -0.462 e. The molecule has 0 spiro atoms. The van der Waals surface area contributed by atoms with Gasteiger partial charge in [-0.1, -0.05) is 11.8 Å². The number of hydrogen-bond acceptors (Lipinski definition) is 6. The summed E-state index contributed by atoms with van der Waals surface area (Å²) in [4.78, 5) is 44.7. The summed E-state index contributed by atoms with van der Waals surface area (Å²) in [5, 5.41) is -0.781. The molecule has 82 valence electrons. The molecule has 0 radical (unpaired) electrons. The summed E-state index contributed by atoms with van der Waals surface area (Å²) in [5.41, 5.74) is 0. The maximum absolute atomic E-state index is 11.3. The highest BCUT2D eigenvalue weighted by molar-refractivity contribution is 8.14. The molecule has 0 bridgehead atoms. The maximum Gasteiger partial charge on any atom is 0.397 e. The van der Waals surface area contributed by atoms with Crippen LogP contribution in [0.5, 0.6) is 0 Å². The van der Waals surface area contributed by atoms with Gasteiger partial charge in [0.1, 0.15) is 5.37 Å². The molecule has 1 unspecified atom stereocenters. The van der Waals surface area contributed by atoms with Gasteiger partial charge in [0.25, 0.3) is 0 Å². The fourth-order valence-electron chi connectivity index (χ4n) is 1.10. The Balaban J connectivity index is 2.66. The zero-order valence-electron chi connectivity index (χ0n) is 8.18. The average Bonchev–Trinajstić information content (AvgIpc) is 2.14. The number of rotatable bonds is 1. The predicted octanol–water partition coefficient (Wildman–Crippen LogP) is -0.476. The fraction of sp³-hybridized carbons (Fsp3) is 0.500. The van der Waals surface area contributed by atoms with Crippen molar-refractivity contribution < 1.29 is 23.9 Å². The van der Waals surface area contributed by atoms with E-state index in [1.807, 2.05) is 0 Å². The van der Waals surface area contributed by atoms with Crippen molar-refractivity contribution in [1.29, 1.82) is 0 Å². The van der Waals surface area contributed by atoms with Crippen LogP contribution >= 0.6 is 11.8 Å². The average molecular weight is 231 g/mol. The minimum atomic E-state index is -1.10. The third-order valence-corrected chi connectivity index (χ3v) is 2.77. The highest BCUT2D eigenvalue weighted by Gasteiger charge is 2.44. The van der Waals surface area contributed by atoms with Crippen molar-refractivity contribution in [3.8, 4) is 0 Å². The van der Waals surface area contributed by atoms with E-state index in [2.05, 4.69) is 4.74 Å². The van der Waals surface area contributed by atoms with E-state index in [1.54, 1.807) is 0 Å². The molecule has 2 amide bonds. The summed E-state index contributed by atoms with van der Waals surface area (Å²) in [6.45, 7) is 1.33. The first kappa shape index (κ1) is 11.7. The molecule has 7 heteroatoms. The van der Waals surface area contributed by atoms with Gasteiger partial charge in [-0.2, -0.15) is 0 Å². The predicted molar refractivity (Wildman–Crippen MR) is 50.5 cm³/mol. The summed E-state index contributed by atoms with van der Waals surface area (Å²) >= 11 is 0.847. The van der Waals surface area contributed by atoms with Crippen LogP contribution in [0.1, 0.15) is 13.3 Å². The van der Waals surface area contributed by atoms with Crippen LogP contribution in [0.2, 0.25) is 0 Å². The van der Waals surface area contributed by atoms with Crippen molar-refractivity contribution in [2.75, 3.05) is 7.11 Å². The molecule has 1 fully saturated rings. The monoisotopic (exact) mass is 231 g/mol. The number of ether oxygens (including phenoxy) is 1. The molecule has 0 aliphatic carbocycles. The van der Waals surface area contributed by atoms with Gasteiger partial charge in [0.05, 0.1) is 13.5 Å². The summed E-state index contributed by atoms with van der Waals surface area (Å²) < 4.78 is 4.19. The number of likely N-dealkylation sites (tertiary alicyclic amines) is 1. The van der Waals surface area contributed by atoms with E-state index in [9.17, 15) is 19.2 Å². The van der Waals surface area contributed by atoms with Crippen LogP contribution in [0.3, 0.4) is 0 Å². The SMILES string of the molecule is COC(=O)C(=O)N1C(=O)CC1SC(C)=O. The van der Waals surface area contributed by atoms with Crippen molar-refractivity contribution in [3.63, 3.8) is 0 Å². The molecule has 1 aliphatic rings. The van der Waals surface area contributed by atoms with Crippen LogP contribution in [-0.2, 0) is 23.9 Å². The van der Waals surface area contributed by atoms with Crippen LogP contribution in [-0.4, -0.2) is 40.3 Å². The quantitative estimate of drug-likeness (QED) is 0.344. The van der Waals surface area contributed by atoms with Crippen molar-refractivity contribution in [2.45, 2.75) is 18.7 Å². The molecule has 0 aromatic carbocycles. The smallest absolute Gasteiger partial charge is 0.397 e. The molecule has 0 N–H and O–H groups in total. The zero-order chi connectivity index (χ0) is 11.6. The molecule has 1 heterocycles. The van der Waals surface area contributed by atoms with Gasteiger partial charge in [-0.05, 0) is 0 Å². The topological polar surface area (TPSA) is 80.8 Å². The van der Waals surface area contributed by atoms with Crippen molar-refractivity contribution in [1.82, 2.24) is 4.90 Å². The highest BCUT2D eigenvalue weighted by atomic mass is 32.2. The second kappa shape index (κ2) is 4.43. The first-order chi connectivity index (χ1) is 6.97. The van der Waals surface area contributed by atoms with Crippen LogP contribution in [0.25, 0.3) is 0 Å². The minimum absolute atomic E-state index is 0.0903. The molecule has 0 aromatic rings. The fourth-order valence-corrected chi connectivity index (χ4v) is 2.03. The van der Waals surface area contributed by atoms with Crippen LogP contribution in [0, 0.1) is 0 Å². The van der Waals surface area contributed by atoms with Crippen LogP contribution < -0.4 is 0 Å². The molecule has 1 aliphatic heterocycles. The van der Waals surface area contributed by atoms with Crippen molar-refractivity contribution >= 4 is 34.7 Å². The normalized spacial score (nSPS) is 19.5. The lowest BCUT2D eigenvalue weighted by molar-refractivity contribution is -0.166. The Morgan fingerprint density at radius 1 is 1.47 bits per heavy atom. The van der Waals surface area contributed by atoms with Gasteiger partial charge < -0.3 is 4.74 Å². The van der Waals surface area contributed by atoms with E-state index in [0.29, 0.717) is 0 Å². The molecule has 15 heavy (non-hydrogen) atoms. The molecular formula is C8H9NO5S. The lowest BCUT2D eigenvalue weighted by Gasteiger charge is -2.36. The molecular weight excluding hydrogens is 222 g/mol. The molecule has 1 atom stereocenters. The van der Waals surface area contributed by atoms with Crippen LogP contribution in [0.15, 0.2) is 0 Å². The summed E-state index contributed by atoms with van der Waals surface area (Å²) in [5.74, 6) is -2.59. The van der Waals surface area contributed by atoms with Gasteiger partial charge in [0.2, 0.25) is 5.91 Å². The van der Waals surface area contributed by atoms with Crippen molar-refractivity contribution in [3.05, 3.63) is 0 Å². The van der Waals surface area contributed by atoms with E-state index < -0.39 is 23.2 Å². The van der Waals surface area contributed by atoms with E-state index >= 15 is 0 Å². The van der Waals surface area contributed by atoms with E-state index in [4.69, 9.17) is 0 Å². The molecule has 6 nitrogen and oxygen atoms in total. The Bertz CT molecular complexity index is 340. The number of β-lactam (4-membered cyclic amide) rings is 1. The Morgan fingerprint density at radius 3 is 2.47 bits per heavy atom. The number of nitrogens with zero attached hydrogens (tertiary/aromatic N) is 1. The highest BCUT2D eigenvalue weighted by Crippen LogP contribution is 2.29. The number of carbonyl (C=O) groups is 4. The third-order valence-electron chi connectivity index (χ3n) is 1.79. The van der Waals surface area contributed by atoms with E-state index in [0.717, 1.165) is 23.8 Å². The third kappa shape index (κ3) is 2.35. The van der Waals surface area contributed by atoms with Gasteiger partial charge in [0, 0.05) is 6.92 Å². The second-order valence-electron chi connectivity index (χ2n) is 2.83. The summed E-state index contributed by atoms with van der Waals surface area (Å²) in [6.07, 6.45) is 0.0903. The lowest BCUT2D eigenvalue weighted by atomic mass is 10.2. The Kier molecular flexibility index (Phi) is 3.46. The molecule has 1 rings (SSSR count). The first-order valence-electron chi connectivity index (χ1n) is 4.09. The van der Waals surface area contributed by atoms with Crippen LogP contribution in [0.4, 0.5) is 0 Å². The molecule has 1 saturated heterocycles. The summed E-state index contributed by atoms with van der Waals surface area (Å²) in [6, 6.07) is 0. The van der Waals surface area contributed by atoms with Gasteiger partial charge in [0.15, 0.2) is 5.12 Å². The zero-order valence-corrected chi connectivity index (χ0v) is 9.00. The lowest BCUT2D eigenvalue weighted by Crippen LogP contribution is -2.56. The number of thioether (sulfide) groups is 1. The van der Waals surface area contributed by atoms with Gasteiger partial charge in [-0.3, -0.25) is 19.3 Å².